The zero-order valence-electron chi connectivity index (χ0n) is 22.9. The van der Waals surface area contributed by atoms with Crippen LogP contribution in [0, 0.1) is 11.8 Å². The van der Waals surface area contributed by atoms with Crippen molar-refractivity contribution >= 4 is 11.5 Å². The van der Waals surface area contributed by atoms with Crippen LogP contribution in [0.1, 0.15) is 63.3 Å². The van der Waals surface area contributed by atoms with E-state index < -0.39 is 24.2 Å². The highest BCUT2D eigenvalue weighted by molar-refractivity contribution is 5.60. The van der Waals surface area contributed by atoms with Crippen LogP contribution < -0.4 is 16.0 Å². The Morgan fingerprint density at radius 1 is 1.18 bits per heavy atom. The van der Waals surface area contributed by atoms with Crippen molar-refractivity contribution in [2.45, 2.75) is 82.6 Å². The number of hydrogen-bond donors (Lipinski definition) is 3. The smallest absolute Gasteiger partial charge is 0.378 e. The molecule has 3 heterocycles. The molecule has 40 heavy (non-hydrogen) atoms. The van der Waals surface area contributed by atoms with E-state index >= 15 is 0 Å². The van der Waals surface area contributed by atoms with Gasteiger partial charge < -0.3 is 16.0 Å². The highest BCUT2D eigenvalue weighted by atomic mass is 19.4. The first-order valence-electron chi connectivity index (χ1n) is 13.5. The molecule has 0 spiro atoms. The van der Waals surface area contributed by atoms with Crippen LogP contribution in [0.15, 0.2) is 61.7 Å². The second-order valence-electron chi connectivity index (χ2n) is 11.1. The van der Waals surface area contributed by atoms with Gasteiger partial charge in [0.1, 0.15) is 11.9 Å². The lowest BCUT2D eigenvalue weighted by Gasteiger charge is -2.36. The number of aromatic nitrogens is 3. The van der Waals surface area contributed by atoms with Crippen LogP contribution >= 0.6 is 0 Å². The van der Waals surface area contributed by atoms with Gasteiger partial charge in [-0.2, -0.15) is 18.3 Å². The summed E-state index contributed by atoms with van der Waals surface area (Å²) in [5, 5.41) is 13.5. The van der Waals surface area contributed by atoms with Crippen molar-refractivity contribution in [3.63, 3.8) is 0 Å². The molecule has 0 aromatic carbocycles. The molecule has 3 N–H and O–H groups in total. The van der Waals surface area contributed by atoms with E-state index in [1.165, 1.54) is 0 Å². The van der Waals surface area contributed by atoms with Gasteiger partial charge in [-0.3, -0.25) is 4.68 Å². The maximum absolute atomic E-state index is 14.0. The van der Waals surface area contributed by atoms with Crippen LogP contribution in [0.25, 0.3) is 5.70 Å². The fraction of sp³-hybridized carbons (Fsp3) is 0.517. The standard InChI is InChI=1S/C29H37F5N6/c1-17(2)40-24(9-13-36-40)19(4)39-27(22-6-10-28(30,31)11-7-22)20(5)38-26-15-21(8-12-35-26)14-23-16-25(29(32,33)34)37-18(23)3/h8-9,12-13,15,17,22-23,25,27,37,39H,3-7,10-11,14,16H2,1-2H3,(H,35,38). The number of allylic oxidation sites excluding steroid dienone is 1. The molecular weight excluding hydrogens is 527 g/mol. The summed E-state index contributed by atoms with van der Waals surface area (Å²) in [5.74, 6) is -2.69. The Hall–Kier alpha value is -3.37. The Morgan fingerprint density at radius 2 is 1.88 bits per heavy atom. The molecule has 2 aliphatic rings. The van der Waals surface area contributed by atoms with Gasteiger partial charge in [0.25, 0.3) is 0 Å². The third-order valence-electron chi connectivity index (χ3n) is 7.77. The Bertz CT molecular complexity index is 1220. The monoisotopic (exact) mass is 564 g/mol. The van der Waals surface area contributed by atoms with Gasteiger partial charge in [-0.25, -0.2) is 13.8 Å². The molecule has 0 bridgehead atoms. The summed E-state index contributed by atoms with van der Waals surface area (Å²) in [4.78, 5) is 4.37. The van der Waals surface area contributed by atoms with Gasteiger partial charge in [-0.1, -0.05) is 19.7 Å². The Kier molecular flexibility index (Phi) is 8.60. The molecule has 2 fully saturated rings. The lowest BCUT2D eigenvalue weighted by molar-refractivity contribution is -0.151. The van der Waals surface area contributed by atoms with E-state index in [4.69, 9.17) is 0 Å². The van der Waals surface area contributed by atoms with E-state index in [9.17, 15) is 22.0 Å². The van der Waals surface area contributed by atoms with Crippen molar-refractivity contribution in [3.05, 3.63) is 73.0 Å². The summed E-state index contributed by atoms with van der Waals surface area (Å²) in [6.07, 6.45) is -0.545. The summed E-state index contributed by atoms with van der Waals surface area (Å²) >= 11 is 0. The largest absolute Gasteiger partial charge is 0.408 e. The molecule has 2 aromatic heterocycles. The highest BCUT2D eigenvalue weighted by Gasteiger charge is 2.45. The molecule has 1 aliphatic carbocycles. The van der Waals surface area contributed by atoms with E-state index in [0.717, 1.165) is 11.3 Å². The summed E-state index contributed by atoms with van der Waals surface area (Å²) in [5.41, 5.74) is 3.10. The topological polar surface area (TPSA) is 66.8 Å². The van der Waals surface area contributed by atoms with E-state index in [1.807, 2.05) is 24.6 Å². The van der Waals surface area contributed by atoms with E-state index in [1.54, 1.807) is 24.5 Å². The van der Waals surface area contributed by atoms with Gasteiger partial charge in [0.15, 0.2) is 0 Å². The van der Waals surface area contributed by atoms with Gasteiger partial charge >= 0.3 is 6.18 Å². The maximum Gasteiger partial charge on any atom is 0.408 e. The summed E-state index contributed by atoms with van der Waals surface area (Å²) < 4.78 is 69.3. The van der Waals surface area contributed by atoms with Crippen molar-refractivity contribution in [2.24, 2.45) is 11.8 Å². The average molecular weight is 565 g/mol. The third kappa shape index (κ3) is 7.03. The molecular formula is C29H37F5N6. The van der Waals surface area contributed by atoms with E-state index in [2.05, 4.69) is 45.8 Å². The van der Waals surface area contributed by atoms with Crippen molar-refractivity contribution in [1.29, 1.82) is 0 Å². The van der Waals surface area contributed by atoms with Crippen molar-refractivity contribution in [3.8, 4) is 0 Å². The first-order chi connectivity index (χ1) is 18.7. The molecule has 11 heteroatoms. The molecule has 3 atom stereocenters. The molecule has 3 unspecified atom stereocenters. The highest BCUT2D eigenvalue weighted by Crippen LogP contribution is 2.39. The lowest BCUT2D eigenvalue weighted by Crippen LogP contribution is -2.42. The van der Waals surface area contributed by atoms with E-state index in [-0.39, 0.29) is 37.1 Å². The second-order valence-corrected chi connectivity index (χ2v) is 11.1. The summed E-state index contributed by atoms with van der Waals surface area (Å²) in [6, 6.07) is 3.46. The van der Waals surface area contributed by atoms with E-state index in [0.29, 0.717) is 42.2 Å². The normalized spacial score (nSPS) is 22.1. The predicted molar refractivity (Wildman–Crippen MR) is 146 cm³/mol. The molecule has 6 nitrogen and oxygen atoms in total. The van der Waals surface area contributed by atoms with Gasteiger partial charge in [0.2, 0.25) is 5.92 Å². The molecule has 1 aliphatic heterocycles. The number of pyridine rings is 1. The van der Waals surface area contributed by atoms with Crippen molar-refractivity contribution < 1.29 is 22.0 Å². The zero-order chi connectivity index (χ0) is 29.2. The minimum absolute atomic E-state index is 0.0759. The van der Waals surface area contributed by atoms with Crippen LogP contribution in [-0.2, 0) is 6.42 Å². The molecule has 218 valence electrons. The molecule has 0 amide bonds. The number of anilines is 1. The number of nitrogens with one attached hydrogen (secondary N) is 3. The van der Waals surface area contributed by atoms with Crippen LogP contribution in [-0.4, -0.2) is 38.9 Å². The summed E-state index contributed by atoms with van der Waals surface area (Å²) in [6.45, 7) is 16.2. The minimum Gasteiger partial charge on any atom is -0.378 e. The number of nitrogens with zero attached hydrogens (tertiary/aromatic N) is 3. The molecule has 2 aromatic rings. The zero-order valence-corrected chi connectivity index (χ0v) is 22.9. The predicted octanol–water partition coefficient (Wildman–Crippen LogP) is 6.84. The number of hydrogen-bond acceptors (Lipinski definition) is 5. The molecule has 0 radical (unpaired) electrons. The van der Waals surface area contributed by atoms with Gasteiger partial charge in [0.05, 0.1) is 17.4 Å². The maximum atomic E-state index is 14.0. The average Bonchev–Trinajstić information content (AvgIpc) is 3.50. The first-order valence-corrected chi connectivity index (χ1v) is 13.5. The minimum atomic E-state index is -4.33. The number of rotatable bonds is 10. The SMILES string of the molecule is C=C(NC(C(=C)Nc1cc(CC2CC(C(F)(F)F)NC2=C)ccn1)C1CCC(F)(F)CC1)c1ccnn1C(C)C. The van der Waals surface area contributed by atoms with Crippen molar-refractivity contribution in [2.75, 3.05) is 5.32 Å². The van der Waals surface area contributed by atoms with Crippen LogP contribution in [0.2, 0.25) is 0 Å². The fourth-order valence-corrected chi connectivity index (χ4v) is 5.56. The Morgan fingerprint density at radius 3 is 2.50 bits per heavy atom. The van der Waals surface area contributed by atoms with Crippen molar-refractivity contribution in [1.82, 2.24) is 25.4 Å². The Labute approximate surface area is 231 Å². The van der Waals surface area contributed by atoms with Gasteiger partial charge in [-0.15, -0.1) is 0 Å². The lowest BCUT2D eigenvalue weighted by atomic mass is 9.81. The third-order valence-corrected chi connectivity index (χ3v) is 7.77. The molecule has 1 saturated carbocycles. The number of halogens is 5. The van der Waals surface area contributed by atoms with Gasteiger partial charge in [0, 0.05) is 48.6 Å². The second kappa shape index (κ2) is 11.6. The molecule has 1 saturated heterocycles. The fourth-order valence-electron chi connectivity index (χ4n) is 5.56. The first kappa shape index (κ1) is 29.6. The Balaban J connectivity index is 1.48. The quantitative estimate of drug-likeness (QED) is 0.276. The van der Waals surface area contributed by atoms with Crippen LogP contribution in [0.3, 0.4) is 0 Å². The molecule has 4 rings (SSSR count). The van der Waals surface area contributed by atoms with Crippen LogP contribution in [0.5, 0.6) is 0 Å². The van der Waals surface area contributed by atoms with Crippen LogP contribution in [0.4, 0.5) is 27.8 Å². The van der Waals surface area contributed by atoms with Gasteiger partial charge in [-0.05, 0) is 69.2 Å². The number of alkyl halides is 5. The summed E-state index contributed by atoms with van der Waals surface area (Å²) in [7, 11) is 0.